The predicted octanol–water partition coefficient (Wildman–Crippen LogP) is 0.0533. The second kappa shape index (κ2) is 5.07. The lowest BCUT2D eigenvalue weighted by molar-refractivity contribution is 0.0691. The summed E-state index contributed by atoms with van der Waals surface area (Å²) in [4.78, 5) is 14.4. The standard InChI is InChI=1S/C9H10N4O4S2/c1-13-8(2-3-10-13)19(16,17)11-4-7-12-6(5-18-7)9(14)15/h2-3,5,11H,4H2,1H3,(H,14,15). The lowest BCUT2D eigenvalue weighted by Crippen LogP contribution is -2.25. The number of nitrogens with zero attached hydrogens (tertiary/aromatic N) is 3. The molecule has 2 rings (SSSR count). The molecular weight excluding hydrogens is 292 g/mol. The van der Waals surface area contributed by atoms with Crippen LogP contribution in [0.1, 0.15) is 15.5 Å². The number of aromatic carboxylic acids is 1. The number of carboxylic acids is 1. The lowest BCUT2D eigenvalue weighted by Gasteiger charge is -2.04. The van der Waals surface area contributed by atoms with Crippen LogP contribution < -0.4 is 4.72 Å². The van der Waals surface area contributed by atoms with E-state index in [4.69, 9.17) is 5.11 Å². The van der Waals surface area contributed by atoms with Gasteiger partial charge in [0.1, 0.15) is 5.01 Å². The van der Waals surface area contributed by atoms with Crippen molar-refractivity contribution in [3.8, 4) is 0 Å². The van der Waals surface area contributed by atoms with E-state index >= 15 is 0 Å². The summed E-state index contributed by atoms with van der Waals surface area (Å²) >= 11 is 1.08. The van der Waals surface area contributed by atoms with Crippen LogP contribution in [0.25, 0.3) is 0 Å². The van der Waals surface area contributed by atoms with Crippen LogP contribution in [0.15, 0.2) is 22.7 Å². The molecule has 8 nitrogen and oxygen atoms in total. The lowest BCUT2D eigenvalue weighted by atomic mass is 10.5. The fourth-order valence-electron chi connectivity index (χ4n) is 1.35. The van der Waals surface area contributed by atoms with Crippen LogP contribution in [-0.2, 0) is 23.6 Å². The van der Waals surface area contributed by atoms with Crippen molar-refractivity contribution in [1.29, 1.82) is 0 Å². The highest BCUT2D eigenvalue weighted by atomic mass is 32.2. The maximum atomic E-state index is 11.9. The van der Waals surface area contributed by atoms with Gasteiger partial charge in [-0.3, -0.25) is 4.68 Å². The van der Waals surface area contributed by atoms with Gasteiger partial charge in [0.25, 0.3) is 10.0 Å². The molecule has 0 aliphatic rings. The van der Waals surface area contributed by atoms with Gasteiger partial charge in [-0.2, -0.15) is 5.10 Å². The number of aryl methyl sites for hydroxylation is 1. The Labute approximate surface area is 112 Å². The highest BCUT2D eigenvalue weighted by molar-refractivity contribution is 7.89. The quantitative estimate of drug-likeness (QED) is 0.807. The molecule has 19 heavy (non-hydrogen) atoms. The van der Waals surface area contributed by atoms with Gasteiger partial charge in [0.05, 0.1) is 12.7 Å². The van der Waals surface area contributed by atoms with Crippen molar-refractivity contribution in [3.63, 3.8) is 0 Å². The maximum Gasteiger partial charge on any atom is 0.355 e. The molecule has 0 fully saturated rings. The van der Waals surface area contributed by atoms with Crippen LogP contribution >= 0.6 is 11.3 Å². The third kappa shape index (κ3) is 2.97. The van der Waals surface area contributed by atoms with Crippen molar-refractivity contribution in [2.45, 2.75) is 11.6 Å². The summed E-state index contributed by atoms with van der Waals surface area (Å²) in [6.07, 6.45) is 1.38. The molecule has 0 atom stereocenters. The van der Waals surface area contributed by atoms with Gasteiger partial charge >= 0.3 is 5.97 Å². The Bertz CT molecular complexity index is 703. The monoisotopic (exact) mass is 302 g/mol. The van der Waals surface area contributed by atoms with Gasteiger partial charge < -0.3 is 5.11 Å². The summed E-state index contributed by atoms with van der Waals surface area (Å²) in [5.74, 6) is -1.14. The summed E-state index contributed by atoms with van der Waals surface area (Å²) in [5, 5.41) is 14.2. The van der Waals surface area contributed by atoms with Crippen molar-refractivity contribution in [1.82, 2.24) is 19.5 Å². The zero-order chi connectivity index (χ0) is 14.0. The minimum Gasteiger partial charge on any atom is -0.476 e. The molecule has 0 amide bonds. The molecule has 0 aromatic carbocycles. The first-order valence-electron chi connectivity index (χ1n) is 5.05. The van der Waals surface area contributed by atoms with Crippen molar-refractivity contribution in [3.05, 3.63) is 28.3 Å². The fourth-order valence-corrected chi connectivity index (χ4v) is 3.26. The average molecular weight is 302 g/mol. The Morgan fingerprint density at radius 3 is 2.84 bits per heavy atom. The van der Waals surface area contributed by atoms with Gasteiger partial charge in [-0.05, 0) is 6.07 Å². The van der Waals surface area contributed by atoms with E-state index in [-0.39, 0.29) is 17.3 Å². The highest BCUT2D eigenvalue weighted by Crippen LogP contribution is 2.11. The molecule has 2 heterocycles. The average Bonchev–Trinajstić information content (AvgIpc) is 2.95. The summed E-state index contributed by atoms with van der Waals surface area (Å²) in [7, 11) is -2.17. The molecule has 2 N–H and O–H groups in total. The topological polar surface area (TPSA) is 114 Å². The van der Waals surface area contributed by atoms with Crippen molar-refractivity contribution in [2.24, 2.45) is 7.05 Å². The second-order valence-corrected chi connectivity index (χ2v) is 6.21. The molecule has 2 aromatic rings. The first-order chi connectivity index (χ1) is 8.90. The SMILES string of the molecule is Cn1nccc1S(=O)(=O)NCc1nc(C(=O)O)cs1. The van der Waals surface area contributed by atoms with E-state index in [1.165, 1.54) is 29.4 Å². The molecule has 0 aliphatic heterocycles. The van der Waals surface area contributed by atoms with E-state index in [0.29, 0.717) is 5.01 Å². The zero-order valence-corrected chi connectivity index (χ0v) is 11.4. The largest absolute Gasteiger partial charge is 0.476 e. The first kappa shape index (κ1) is 13.6. The summed E-state index contributed by atoms with van der Waals surface area (Å²) in [6.45, 7) is -0.0640. The van der Waals surface area contributed by atoms with Gasteiger partial charge in [0.2, 0.25) is 0 Å². The van der Waals surface area contributed by atoms with Crippen LogP contribution in [0.4, 0.5) is 0 Å². The van der Waals surface area contributed by atoms with Crippen LogP contribution in [0.3, 0.4) is 0 Å². The molecule has 2 aromatic heterocycles. The molecule has 102 valence electrons. The number of carboxylic acid groups (broad SMARTS) is 1. The van der Waals surface area contributed by atoms with E-state index in [9.17, 15) is 13.2 Å². The third-order valence-corrected chi connectivity index (χ3v) is 4.56. The Morgan fingerprint density at radius 2 is 2.32 bits per heavy atom. The van der Waals surface area contributed by atoms with E-state index in [2.05, 4.69) is 14.8 Å². The summed E-state index contributed by atoms with van der Waals surface area (Å²) < 4.78 is 27.4. The van der Waals surface area contributed by atoms with Gasteiger partial charge in [0.15, 0.2) is 10.7 Å². The first-order valence-corrected chi connectivity index (χ1v) is 7.42. The number of thiazole rings is 1. The van der Waals surface area contributed by atoms with E-state index in [1.54, 1.807) is 0 Å². The smallest absolute Gasteiger partial charge is 0.355 e. The normalized spacial score (nSPS) is 11.6. The number of hydrogen-bond acceptors (Lipinski definition) is 6. The molecule has 0 spiro atoms. The highest BCUT2D eigenvalue weighted by Gasteiger charge is 2.18. The summed E-state index contributed by atoms with van der Waals surface area (Å²) in [6, 6.07) is 1.37. The van der Waals surface area contributed by atoms with Crippen LogP contribution in [-0.4, -0.2) is 34.3 Å². The Kier molecular flexibility index (Phi) is 3.64. The molecule has 10 heteroatoms. The van der Waals surface area contributed by atoms with E-state index < -0.39 is 16.0 Å². The van der Waals surface area contributed by atoms with Gasteiger partial charge in [-0.15, -0.1) is 11.3 Å². The number of nitrogens with one attached hydrogen (secondary N) is 1. The number of hydrogen-bond donors (Lipinski definition) is 2. The number of aromatic nitrogens is 3. The van der Waals surface area contributed by atoms with Gasteiger partial charge in [-0.25, -0.2) is 22.9 Å². The molecular formula is C9H10N4O4S2. The predicted molar refractivity (Wildman–Crippen MR) is 66.3 cm³/mol. The number of rotatable bonds is 5. The van der Waals surface area contributed by atoms with Gasteiger partial charge in [-0.1, -0.05) is 0 Å². The molecule has 0 saturated heterocycles. The zero-order valence-electron chi connectivity index (χ0n) is 9.77. The third-order valence-electron chi connectivity index (χ3n) is 2.24. The minimum absolute atomic E-state index is 0.0301. The van der Waals surface area contributed by atoms with Crippen LogP contribution in [0.5, 0.6) is 0 Å². The number of carbonyl (C=O) groups is 1. The van der Waals surface area contributed by atoms with E-state index in [0.717, 1.165) is 11.3 Å². The van der Waals surface area contributed by atoms with Gasteiger partial charge in [0, 0.05) is 12.4 Å². The Morgan fingerprint density at radius 1 is 1.58 bits per heavy atom. The molecule has 0 unspecified atom stereocenters. The van der Waals surface area contributed by atoms with Crippen LogP contribution in [0.2, 0.25) is 0 Å². The van der Waals surface area contributed by atoms with Crippen molar-refractivity contribution < 1.29 is 18.3 Å². The Balaban J connectivity index is 2.10. The van der Waals surface area contributed by atoms with Crippen LogP contribution in [0, 0.1) is 0 Å². The fraction of sp³-hybridized carbons (Fsp3) is 0.222. The van der Waals surface area contributed by atoms with Crippen molar-refractivity contribution in [2.75, 3.05) is 0 Å². The Hall–Kier alpha value is -1.78. The molecule has 0 saturated carbocycles. The summed E-state index contributed by atoms with van der Waals surface area (Å²) in [5.41, 5.74) is -0.0975. The number of sulfonamides is 1. The second-order valence-electron chi connectivity index (χ2n) is 3.55. The van der Waals surface area contributed by atoms with E-state index in [1.807, 2.05) is 0 Å². The minimum atomic E-state index is -3.69. The molecule has 0 radical (unpaired) electrons. The molecule has 0 aliphatic carbocycles. The van der Waals surface area contributed by atoms with Crippen molar-refractivity contribution >= 4 is 27.3 Å². The maximum absolute atomic E-state index is 11.9. The molecule has 0 bridgehead atoms.